The normalized spacial score (nSPS) is 25.0. The van der Waals surface area contributed by atoms with Gasteiger partial charge >= 0.3 is 0 Å². The highest BCUT2D eigenvalue weighted by atomic mass is 16.3. The Morgan fingerprint density at radius 3 is 2.32 bits per heavy atom. The molecule has 1 aromatic carbocycles. The predicted molar refractivity (Wildman–Crippen MR) is 75.2 cm³/mol. The molecule has 1 N–H and O–H groups in total. The highest BCUT2D eigenvalue weighted by Gasteiger charge is 2.29. The number of aliphatic hydroxyl groups excluding tert-OH is 1. The number of anilines is 1. The van der Waals surface area contributed by atoms with Crippen LogP contribution in [-0.2, 0) is 4.79 Å². The Hall–Kier alpha value is -1.35. The van der Waals surface area contributed by atoms with Crippen molar-refractivity contribution in [3.63, 3.8) is 0 Å². The maximum atomic E-state index is 11.7. The van der Waals surface area contributed by atoms with E-state index < -0.39 is 6.10 Å². The van der Waals surface area contributed by atoms with Gasteiger partial charge in [-0.15, -0.1) is 0 Å². The average Bonchev–Trinajstić information content (AvgIpc) is 2.79. The maximum Gasteiger partial charge on any atom is 0.229 e. The van der Waals surface area contributed by atoms with Crippen LogP contribution in [0.4, 0.5) is 5.69 Å². The van der Waals surface area contributed by atoms with Crippen LogP contribution in [0.15, 0.2) is 24.3 Å². The molecule has 2 aliphatic rings. The van der Waals surface area contributed by atoms with Gasteiger partial charge in [-0.2, -0.15) is 0 Å². The van der Waals surface area contributed by atoms with Gasteiger partial charge in [-0.3, -0.25) is 4.79 Å². The summed E-state index contributed by atoms with van der Waals surface area (Å²) in [5.74, 6) is 0.723. The number of aliphatic hydroxyl groups is 1. The Bertz CT molecular complexity index is 448. The van der Waals surface area contributed by atoms with Gasteiger partial charge in [0.05, 0.1) is 19.1 Å². The highest BCUT2D eigenvalue weighted by Crippen LogP contribution is 2.33. The van der Waals surface area contributed by atoms with Crippen molar-refractivity contribution in [1.82, 2.24) is 0 Å². The number of carbonyl (C=O) groups excluding carboxylic acids is 1. The summed E-state index contributed by atoms with van der Waals surface area (Å²) in [6.45, 7) is 0.432. The number of carbonyl (C=O) groups is 1. The third-order valence-corrected chi connectivity index (χ3v) is 4.39. The Morgan fingerprint density at radius 2 is 1.74 bits per heavy atom. The van der Waals surface area contributed by atoms with Crippen molar-refractivity contribution in [2.45, 2.75) is 50.5 Å². The first-order valence-electron chi connectivity index (χ1n) is 7.32. The molecular formula is C16H21NO2. The summed E-state index contributed by atoms with van der Waals surface area (Å²) in [5, 5.41) is 9.53. The smallest absolute Gasteiger partial charge is 0.229 e. The van der Waals surface area contributed by atoms with Crippen molar-refractivity contribution in [3.8, 4) is 0 Å². The summed E-state index contributed by atoms with van der Waals surface area (Å²) in [4.78, 5) is 13.4. The summed E-state index contributed by atoms with van der Waals surface area (Å²) in [6.07, 6.45) is 6.37. The summed E-state index contributed by atoms with van der Waals surface area (Å²) >= 11 is 0. The zero-order chi connectivity index (χ0) is 13.2. The van der Waals surface area contributed by atoms with E-state index >= 15 is 0 Å². The van der Waals surface area contributed by atoms with Crippen LogP contribution in [0.25, 0.3) is 0 Å². The molecule has 1 heterocycles. The minimum atomic E-state index is -0.509. The largest absolute Gasteiger partial charge is 0.391 e. The predicted octanol–water partition coefficient (Wildman–Crippen LogP) is 2.83. The van der Waals surface area contributed by atoms with Crippen molar-refractivity contribution in [1.29, 1.82) is 0 Å². The molecule has 1 aliphatic heterocycles. The van der Waals surface area contributed by atoms with Crippen LogP contribution in [0.3, 0.4) is 0 Å². The van der Waals surface area contributed by atoms with E-state index in [9.17, 15) is 9.90 Å². The minimum Gasteiger partial charge on any atom is -0.391 e. The SMILES string of the molecule is O=C1CC(O)CN1c1ccc(C2CCCCC2)cc1. The van der Waals surface area contributed by atoms with Crippen LogP contribution >= 0.6 is 0 Å². The number of rotatable bonds is 2. The number of β-amino-alcohol motifs (C(OH)–C–C–N with tert-alkyl or cyclic N) is 1. The van der Waals surface area contributed by atoms with Crippen molar-refractivity contribution in [3.05, 3.63) is 29.8 Å². The van der Waals surface area contributed by atoms with Gasteiger partial charge in [-0.05, 0) is 36.5 Å². The van der Waals surface area contributed by atoms with Gasteiger partial charge in [0.25, 0.3) is 0 Å². The third kappa shape index (κ3) is 2.66. The maximum absolute atomic E-state index is 11.7. The lowest BCUT2D eigenvalue weighted by molar-refractivity contribution is -0.117. The van der Waals surface area contributed by atoms with Gasteiger partial charge in [0.15, 0.2) is 0 Å². The molecule has 3 heteroatoms. The molecule has 1 amide bonds. The average molecular weight is 259 g/mol. The van der Waals surface area contributed by atoms with Gasteiger partial charge in [-0.1, -0.05) is 31.4 Å². The van der Waals surface area contributed by atoms with E-state index in [1.165, 1.54) is 37.7 Å². The Balaban J connectivity index is 1.73. The summed E-state index contributed by atoms with van der Waals surface area (Å²) < 4.78 is 0. The summed E-state index contributed by atoms with van der Waals surface area (Å²) in [6, 6.07) is 8.37. The molecule has 3 rings (SSSR count). The molecule has 19 heavy (non-hydrogen) atoms. The number of amides is 1. The van der Waals surface area contributed by atoms with E-state index in [1.54, 1.807) is 4.90 Å². The van der Waals surface area contributed by atoms with Crippen molar-refractivity contribution >= 4 is 11.6 Å². The topological polar surface area (TPSA) is 40.5 Å². The van der Waals surface area contributed by atoms with Crippen LogP contribution in [0.2, 0.25) is 0 Å². The molecule has 0 bridgehead atoms. The third-order valence-electron chi connectivity index (χ3n) is 4.39. The molecule has 2 fully saturated rings. The molecule has 1 aromatic rings. The van der Waals surface area contributed by atoms with Crippen LogP contribution < -0.4 is 4.90 Å². The monoisotopic (exact) mass is 259 g/mol. The van der Waals surface area contributed by atoms with E-state index in [-0.39, 0.29) is 12.3 Å². The van der Waals surface area contributed by atoms with E-state index in [4.69, 9.17) is 0 Å². The van der Waals surface area contributed by atoms with Gasteiger partial charge in [0.2, 0.25) is 5.91 Å². The Morgan fingerprint density at radius 1 is 1.05 bits per heavy atom. The van der Waals surface area contributed by atoms with Gasteiger partial charge in [0, 0.05) is 5.69 Å². The zero-order valence-electron chi connectivity index (χ0n) is 11.2. The second-order valence-electron chi connectivity index (χ2n) is 5.79. The zero-order valence-corrected chi connectivity index (χ0v) is 11.2. The summed E-state index contributed by atoms with van der Waals surface area (Å²) in [7, 11) is 0. The Kier molecular flexibility index (Phi) is 3.56. The first-order valence-corrected chi connectivity index (χ1v) is 7.32. The van der Waals surface area contributed by atoms with E-state index in [1.807, 2.05) is 12.1 Å². The number of hydrogen-bond acceptors (Lipinski definition) is 2. The lowest BCUT2D eigenvalue weighted by atomic mass is 9.84. The molecule has 102 valence electrons. The Labute approximate surface area is 114 Å². The quantitative estimate of drug-likeness (QED) is 0.887. The van der Waals surface area contributed by atoms with Crippen LogP contribution in [0.1, 0.15) is 50.0 Å². The lowest BCUT2D eigenvalue weighted by Crippen LogP contribution is -2.25. The minimum absolute atomic E-state index is 0.0258. The first kappa shape index (κ1) is 12.7. The van der Waals surface area contributed by atoms with E-state index in [0.29, 0.717) is 12.5 Å². The van der Waals surface area contributed by atoms with Crippen LogP contribution in [0.5, 0.6) is 0 Å². The molecule has 0 aromatic heterocycles. The lowest BCUT2D eigenvalue weighted by Gasteiger charge is -2.23. The molecule has 1 aliphatic carbocycles. The van der Waals surface area contributed by atoms with Gasteiger partial charge in [0.1, 0.15) is 0 Å². The van der Waals surface area contributed by atoms with Crippen molar-refractivity contribution in [2.24, 2.45) is 0 Å². The molecule has 1 saturated carbocycles. The fourth-order valence-corrected chi connectivity index (χ4v) is 3.30. The van der Waals surface area contributed by atoms with Gasteiger partial charge in [-0.25, -0.2) is 0 Å². The number of hydrogen-bond donors (Lipinski definition) is 1. The van der Waals surface area contributed by atoms with Crippen LogP contribution in [0, 0.1) is 0 Å². The molecule has 1 unspecified atom stereocenters. The second-order valence-corrected chi connectivity index (χ2v) is 5.79. The molecule has 0 spiro atoms. The van der Waals surface area contributed by atoms with Crippen molar-refractivity contribution in [2.75, 3.05) is 11.4 Å². The summed E-state index contributed by atoms with van der Waals surface area (Å²) in [5.41, 5.74) is 2.32. The fourth-order valence-electron chi connectivity index (χ4n) is 3.30. The number of benzene rings is 1. The molecule has 0 radical (unpaired) electrons. The van der Waals surface area contributed by atoms with Crippen molar-refractivity contribution < 1.29 is 9.90 Å². The fraction of sp³-hybridized carbons (Fsp3) is 0.562. The highest BCUT2D eigenvalue weighted by molar-refractivity contribution is 5.96. The molecule has 3 nitrogen and oxygen atoms in total. The van der Waals surface area contributed by atoms with Gasteiger partial charge < -0.3 is 10.0 Å². The standard InChI is InChI=1S/C16H21NO2/c18-15-10-16(19)17(11-15)14-8-6-13(7-9-14)12-4-2-1-3-5-12/h6-9,12,15,18H,1-5,10-11H2. The van der Waals surface area contributed by atoms with E-state index in [2.05, 4.69) is 12.1 Å². The second kappa shape index (κ2) is 5.33. The molecule has 1 saturated heterocycles. The molecular weight excluding hydrogens is 238 g/mol. The van der Waals surface area contributed by atoms with E-state index in [0.717, 1.165) is 5.69 Å². The van der Waals surface area contributed by atoms with Crippen LogP contribution in [-0.4, -0.2) is 23.7 Å². The molecule has 1 atom stereocenters. The first-order chi connectivity index (χ1) is 9.24. The number of nitrogens with zero attached hydrogens (tertiary/aromatic N) is 1.